The molecule has 3 nitrogen and oxygen atoms in total. The minimum Gasteiger partial charge on any atom is -0.353 e. The third-order valence-electron chi connectivity index (χ3n) is 3.89. The monoisotopic (exact) mass is 249 g/mol. The van der Waals surface area contributed by atoms with E-state index < -0.39 is 0 Å². The molecule has 1 unspecified atom stereocenters. The molecule has 102 valence electrons. The van der Waals surface area contributed by atoms with Crippen LogP contribution >= 0.6 is 0 Å². The summed E-state index contributed by atoms with van der Waals surface area (Å²) in [6.45, 7) is 6.84. The minimum absolute atomic E-state index is 0.526. The maximum Gasteiger partial charge on any atom is 0.203 e. The predicted octanol–water partition coefficient (Wildman–Crippen LogP) is 4.23. The quantitative estimate of drug-likeness (QED) is 0.846. The standard InChI is InChI=1S/C15H27N3/c1-12(2)11-13(3)18-10-9-16-15(18)17-14-7-5-4-6-8-14/h9-10,12-14H,4-8,11H2,1-3H3,(H,16,17). The molecule has 0 amide bonds. The zero-order valence-corrected chi connectivity index (χ0v) is 12.0. The molecule has 0 radical (unpaired) electrons. The number of hydrogen-bond donors (Lipinski definition) is 1. The van der Waals surface area contributed by atoms with Crippen LogP contribution in [-0.2, 0) is 0 Å². The lowest BCUT2D eigenvalue weighted by Gasteiger charge is -2.25. The van der Waals surface area contributed by atoms with Gasteiger partial charge in [-0.05, 0) is 32.1 Å². The van der Waals surface area contributed by atoms with Crippen LogP contribution in [0.25, 0.3) is 0 Å². The molecule has 1 aliphatic rings. The van der Waals surface area contributed by atoms with Gasteiger partial charge < -0.3 is 9.88 Å². The largest absolute Gasteiger partial charge is 0.353 e. The number of aromatic nitrogens is 2. The van der Waals surface area contributed by atoms with Crippen molar-refractivity contribution in [3.05, 3.63) is 12.4 Å². The van der Waals surface area contributed by atoms with Crippen LogP contribution in [0.1, 0.15) is 65.3 Å². The van der Waals surface area contributed by atoms with Crippen LogP contribution < -0.4 is 5.32 Å². The predicted molar refractivity (Wildman–Crippen MR) is 76.9 cm³/mol. The van der Waals surface area contributed by atoms with Gasteiger partial charge >= 0.3 is 0 Å². The van der Waals surface area contributed by atoms with E-state index in [1.54, 1.807) is 0 Å². The van der Waals surface area contributed by atoms with Crippen molar-refractivity contribution in [1.29, 1.82) is 0 Å². The van der Waals surface area contributed by atoms with Crippen LogP contribution in [0.15, 0.2) is 12.4 Å². The van der Waals surface area contributed by atoms with E-state index in [1.807, 2.05) is 6.20 Å². The van der Waals surface area contributed by atoms with Crippen molar-refractivity contribution in [3.63, 3.8) is 0 Å². The molecule has 1 aromatic heterocycles. The van der Waals surface area contributed by atoms with E-state index in [0.717, 1.165) is 11.9 Å². The molecule has 1 aromatic rings. The molecular weight excluding hydrogens is 222 g/mol. The van der Waals surface area contributed by atoms with E-state index in [-0.39, 0.29) is 0 Å². The van der Waals surface area contributed by atoms with E-state index in [2.05, 4.69) is 41.8 Å². The molecule has 0 spiro atoms. The van der Waals surface area contributed by atoms with Gasteiger partial charge in [0.05, 0.1) is 0 Å². The van der Waals surface area contributed by atoms with Gasteiger partial charge in [0.1, 0.15) is 0 Å². The lowest BCUT2D eigenvalue weighted by molar-refractivity contribution is 0.422. The Kier molecular flexibility index (Phi) is 4.67. The van der Waals surface area contributed by atoms with Gasteiger partial charge in [0.25, 0.3) is 0 Å². The van der Waals surface area contributed by atoms with E-state index in [0.29, 0.717) is 12.1 Å². The topological polar surface area (TPSA) is 29.9 Å². The van der Waals surface area contributed by atoms with Gasteiger partial charge in [0.2, 0.25) is 5.95 Å². The van der Waals surface area contributed by atoms with E-state index in [9.17, 15) is 0 Å². The Morgan fingerprint density at radius 1 is 1.28 bits per heavy atom. The van der Waals surface area contributed by atoms with Crippen LogP contribution in [0, 0.1) is 5.92 Å². The van der Waals surface area contributed by atoms with Crippen molar-refractivity contribution < 1.29 is 0 Å². The van der Waals surface area contributed by atoms with Gasteiger partial charge in [-0.1, -0.05) is 33.1 Å². The van der Waals surface area contributed by atoms with Gasteiger partial charge in [0.15, 0.2) is 0 Å². The molecule has 0 saturated heterocycles. The molecule has 1 saturated carbocycles. The summed E-state index contributed by atoms with van der Waals surface area (Å²) < 4.78 is 2.30. The second-order valence-electron chi connectivity index (χ2n) is 6.12. The van der Waals surface area contributed by atoms with E-state index in [4.69, 9.17) is 0 Å². The number of imidazole rings is 1. The summed E-state index contributed by atoms with van der Waals surface area (Å²) >= 11 is 0. The Hall–Kier alpha value is -0.990. The summed E-state index contributed by atoms with van der Waals surface area (Å²) in [5.74, 6) is 1.79. The number of hydrogen-bond acceptors (Lipinski definition) is 2. The average molecular weight is 249 g/mol. The highest BCUT2D eigenvalue weighted by Crippen LogP contribution is 2.24. The maximum absolute atomic E-state index is 4.49. The number of rotatable bonds is 5. The fourth-order valence-corrected chi connectivity index (χ4v) is 3.01. The SMILES string of the molecule is CC(C)CC(C)n1ccnc1NC1CCCCC1. The van der Waals surface area contributed by atoms with Crippen molar-refractivity contribution in [2.75, 3.05) is 5.32 Å². The maximum atomic E-state index is 4.49. The van der Waals surface area contributed by atoms with Gasteiger partial charge in [-0.15, -0.1) is 0 Å². The molecule has 1 fully saturated rings. The number of nitrogens with zero attached hydrogens (tertiary/aromatic N) is 2. The summed E-state index contributed by atoms with van der Waals surface area (Å²) in [7, 11) is 0. The smallest absolute Gasteiger partial charge is 0.203 e. The summed E-state index contributed by atoms with van der Waals surface area (Å²) in [6, 6.07) is 1.16. The summed E-state index contributed by atoms with van der Waals surface area (Å²) in [5.41, 5.74) is 0. The second kappa shape index (κ2) is 6.26. The highest BCUT2D eigenvalue weighted by Gasteiger charge is 2.17. The molecule has 1 aliphatic carbocycles. The van der Waals surface area contributed by atoms with Crippen LogP contribution in [0.4, 0.5) is 5.95 Å². The Balaban J connectivity index is 1.98. The molecule has 0 aliphatic heterocycles. The Bertz CT molecular complexity index is 350. The fraction of sp³-hybridized carbons (Fsp3) is 0.800. The molecule has 1 heterocycles. The fourth-order valence-electron chi connectivity index (χ4n) is 3.01. The van der Waals surface area contributed by atoms with Crippen molar-refractivity contribution in [2.24, 2.45) is 5.92 Å². The summed E-state index contributed by atoms with van der Waals surface area (Å²) in [6.07, 6.45) is 11.9. The molecule has 0 bridgehead atoms. The van der Waals surface area contributed by atoms with Gasteiger partial charge in [-0.3, -0.25) is 0 Å². The van der Waals surface area contributed by atoms with Gasteiger partial charge in [-0.2, -0.15) is 0 Å². The Morgan fingerprint density at radius 3 is 2.67 bits per heavy atom. The minimum atomic E-state index is 0.526. The molecule has 0 aromatic carbocycles. The zero-order chi connectivity index (χ0) is 13.0. The van der Waals surface area contributed by atoms with Crippen molar-refractivity contribution in [3.8, 4) is 0 Å². The van der Waals surface area contributed by atoms with Crippen molar-refractivity contribution in [1.82, 2.24) is 9.55 Å². The highest BCUT2D eigenvalue weighted by molar-refractivity contribution is 5.28. The zero-order valence-electron chi connectivity index (χ0n) is 12.0. The first-order chi connectivity index (χ1) is 8.66. The average Bonchev–Trinajstić information content (AvgIpc) is 2.77. The van der Waals surface area contributed by atoms with Gasteiger partial charge in [-0.25, -0.2) is 4.98 Å². The molecule has 18 heavy (non-hydrogen) atoms. The molecular formula is C15H27N3. The van der Waals surface area contributed by atoms with Crippen LogP contribution in [0.5, 0.6) is 0 Å². The molecule has 1 atom stereocenters. The Morgan fingerprint density at radius 2 is 2.00 bits per heavy atom. The highest BCUT2D eigenvalue weighted by atomic mass is 15.2. The first-order valence-electron chi connectivity index (χ1n) is 7.46. The van der Waals surface area contributed by atoms with E-state index in [1.165, 1.54) is 38.5 Å². The van der Waals surface area contributed by atoms with Crippen molar-refractivity contribution in [2.45, 2.75) is 71.4 Å². The lowest BCUT2D eigenvalue weighted by atomic mass is 9.96. The molecule has 2 rings (SSSR count). The van der Waals surface area contributed by atoms with Crippen molar-refractivity contribution >= 4 is 5.95 Å². The lowest BCUT2D eigenvalue weighted by Crippen LogP contribution is -2.25. The third kappa shape index (κ3) is 3.50. The summed E-state index contributed by atoms with van der Waals surface area (Å²) in [4.78, 5) is 4.49. The second-order valence-corrected chi connectivity index (χ2v) is 6.12. The van der Waals surface area contributed by atoms with Gasteiger partial charge in [0, 0.05) is 24.5 Å². The number of anilines is 1. The Labute approximate surface area is 111 Å². The molecule has 1 N–H and O–H groups in total. The van der Waals surface area contributed by atoms with Crippen LogP contribution in [-0.4, -0.2) is 15.6 Å². The first kappa shape index (κ1) is 13.4. The third-order valence-corrected chi connectivity index (χ3v) is 3.89. The number of nitrogens with one attached hydrogen (secondary N) is 1. The van der Waals surface area contributed by atoms with E-state index >= 15 is 0 Å². The normalized spacial score (nSPS) is 19.1. The summed E-state index contributed by atoms with van der Waals surface area (Å²) in [5, 5.41) is 3.64. The van der Waals surface area contributed by atoms with Crippen LogP contribution in [0.2, 0.25) is 0 Å². The molecule has 3 heteroatoms. The van der Waals surface area contributed by atoms with Crippen LogP contribution in [0.3, 0.4) is 0 Å². The first-order valence-corrected chi connectivity index (χ1v) is 7.46.